The van der Waals surface area contributed by atoms with E-state index in [0.29, 0.717) is 18.9 Å². The Bertz CT molecular complexity index is 659. The maximum absolute atomic E-state index is 13.0. The number of nitrogens with zero attached hydrogens (tertiary/aromatic N) is 1. The number of alkyl halides is 3. The monoisotopic (exact) mass is 386 g/mol. The van der Waals surface area contributed by atoms with Crippen LogP contribution < -0.4 is 5.32 Å². The number of amides is 2. The molecule has 1 aliphatic rings. The number of hydrogen-bond donors (Lipinski definition) is 2. The number of carbonyl (C=O) groups is 2. The van der Waals surface area contributed by atoms with Crippen LogP contribution in [-0.2, 0) is 11.2 Å². The molecule has 1 aromatic rings. The number of aryl methyl sites for hydroxylation is 1. The van der Waals surface area contributed by atoms with Crippen LogP contribution >= 0.6 is 0 Å². The molecule has 5 nitrogen and oxygen atoms in total. The van der Waals surface area contributed by atoms with Gasteiger partial charge in [0.05, 0.1) is 11.8 Å². The molecule has 0 saturated carbocycles. The van der Waals surface area contributed by atoms with E-state index in [1.807, 2.05) is 12.1 Å². The summed E-state index contributed by atoms with van der Waals surface area (Å²) in [5, 5.41) is 11.6. The molecule has 1 saturated heterocycles. The number of halogens is 3. The highest BCUT2D eigenvalue weighted by Gasteiger charge is 2.53. The molecule has 0 spiro atoms. The van der Waals surface area contributed by atoms with Crippen molar-refractivity contribution in [2.24, 2.45) is 11.8 Å². The van der Waals surface area contributed by atoms with E-state index in [0.717, 1.165) is 16.9 Å². The Hall–Kier alpha value is -2.25. The van der Waals surface area contributed by atoms with E-state index in [1.165, 1.54) is 5.56 Å². The van der Waals surface area contributed by atoms with Crippen LogP contribution in [0.3, 0.4) is 0 Å². The Morgan fingerprint density at radius 2 is 1.85 bits per heavy atom. The van der Waals surface area contributed by atoms with Gasteiger partial charge in [-0.1, -0.05) is 38.1 Å². The standard InChI is InChI=1S/C19H25F3N2O3/c1-12(2)14-7-5-13(6-8-14)4-3-9-23-18(27)24-10-15(17(25)26)16(11-24)19(20,21)22/h5-8,12,15-16H,3-4,9-11H2,1-2H3,(H,23,27)(H,25,26)/t15-,16-/m1/s1. The molecule has 0 aromatic heterocycles. The summed E-state index contributed by atoms with van der Waals surface area (Å²) in [4.78, 5) is 24.1. The highest BCUT2D eigenvalue weighted by Crippen LogP contribution is 2.37. The summed E-state index contributed by atoms with van der Waals surface area (Å²) in [5.41, 5.74) is 2.37. The Morgan fingerprint density at radius 1 is 1.22 bits per heavy atom. The van der Waals surface area contributed by atoms with Crippen molar-refractivity contribution in [3.8, 4) is 0 Å². The number of benzene rings is 1. The number of nitrogens with one attached hydrogen (secondary N) is 1. The molecule has 0 unspecified atom stereocenters. The molecular weight excluding hydrogens is 361 g/mol. The molecule has 2 rings (SSSR count). The molecule has 0 radical (unpaired) electrons. The van der Waals surface area contributed by atoms with Gasteiger partial charge in [-0.15, -0.1) is 0 Å². The lowest BCUT2D eigenvalue weighted by Crippen LogP contribution is -2.40. The summed E-state index contributed by atoms with van der Waals surface area (Å²) in [7, 11) is 0. The second-order valence-corrected chi connectivity index (χ2v) is 7.23. The van der Waals surface area contributed by atoms with Gasteiger partial charge in [0.2, 0.25) is 0 Å². The molecule has 2 amide bonds. The van der Waals surface area contributed by atoms with Gasteiger partial charge in [-0.3, -0.25) is 4.79 Å². The zero-order valence-corrected chi connectivity index (χ0v) is 15.4. The number of carboxylic acids is 1. The summed E-state index contributed by atoms with van der Waals surface area (Å²) >= 11 is 0. The molecule has 2 N–H and O–H groups in total. The highest BCUT2D eigenvalue weighted by molar-refractivity contribution is 5.77. The molecule has 0 bridgehead atoms. The molecule has 2 atom stereocenters. The molecule has 1 fully saturated rings. The normalized spacial score (nSPS) is 20.1. The quantitative estimate of drug-likeness (QED) is 0.734. The molecule has 1 heterocycles. The minimum Gasteiger partial charge on any atom is -0.481 e. The zero-order chi connectivity index (χ0) is 20.2. The first-order valence-electron chi connectivity index (χ1n) is 9.00. The highest BCUT2D eigenvalue weighted by atomic mass is 19.4. The molecule has 8 heteroatoms. The van der Waals surface area contributed by atoms with Crippen molar-refractivity contribution in [1.29, 1.82) is 0 Å². The topological polar surface area (TPSA) is 69.6 Å². The predicted octanol–water partition coefficient (Wildman–Crippen LogP) is 3.65. The second-order valence-electron chi connectivity index (χ2n) is 7.23. The molecule has 0 aliphatic carbocycles. The fourth-order valence-corrected chi connectivity index (χ4v) is 3.22. The Balaban J connectivity index is 1.79. The van der Waals surface area contributed by atoms with Crippen molar-refractivity contribution in [3.05, 3.63) is 35.4 Å². The molecule has 1 aliphatic heterocycles. The Labute approximate surface area is 156 Å². The summed E-state index contributed by atoms with van der Waals surface area (Å²) in [6.45, 7) is 3.49. The van der Waals surface area contributed by atoms with Crippen molar-refractivity contribution < 1.29 is 27.9 Å². The second kappa shape index (κ2) is 8.63. The van der Waals surface area contributed by atoms with Gasteiger partial charge in [0.25, 0.3) is 0 Å². The molecule has 1 aromatic carbocycles. The lowest BCUT2D eigenvalue weighted by molar-refractivity contribution is -0.187. The van der Waals surface area contributed by atoms with Crippen LogP contribution in [0.4, 0.5) is 18.0 Å². The van der Waals surface area contributed by atoms with E-state index in [-0.39, 0.29) is 0 Å². The van der Waals surface area contributed by atoms with Gasteiger partial charge in [0.15, 0.2) is 0 Å². The van der Waals surface area contributed by atoms with E-state index in [4.69, 9.17) is 5.11 Å². The van der Waals surface area contributed by atoms with Crippen LogP contribution in [0.1, 0.15) is 37.3 Å². The first-order valence-corrected chi connectivity index (χ1v) is 9.00. The summed E-state index contributed by atoms with van der Waals surface area (Å²) in [6.07, 6.45) is -3.26. The van der Waals surface area contributed by atoms with Crippen LogP contribution in [0.25, 0.3) is 0 Å². The van der Waals surface area contributed by atoms with Crippen molar-refractivity contribution in [3.63, 3.8) is 0 Å². The maximum Gasteiger partial charge on any atom is 0.394 e. The lowest BCUT2D eigenvalue weighted by atomic mass is 9.96. The number of aliphatic carboxylic acids is 1. The number of carboxylic acid groups (broad SMARTS) is 1. The van der Waals surface area contributed by atoms with Gasteiger partial charge >= 0.3 is 18.2 Å². The van der Waals surface area contributed by atoms with Gasteiger partial charge in [-0.2, -0.15) is 13.2 Å². The number of likely N-dealkylation sites (tertiary alicyclic amines) is 1. The van der Waals surface area contributed by atoms with Crippen molar-refractivity contribution in [1.82, 2.24) is 10.2 Å². The van der Waals surface area contributed by atoms with Gasteiger partial charge in [0, 0.05) is 19.6 Å². The van der Waals surface area contributed by atoms with Crippen LogP contribution in [0.2, 0.25) is 0 Å². The van der Waals surface area contributed by atoms with E-state index in [9.17, 15) is 22.8 Å². The maximum atomic E-state index is 13.0. The SMILES string of the molecule is CC(C)c1ccc(CCCNC(=O)N2C[C@@H](C(F)(F)F)[C@H](C(=O)O)C2)cc1. The number of hydrogen-bond acceptors (Lipinski definition) is 2. The van der Waals surface area contributed by atoms with Crippen LogP contribution in [0.5, 0.6) is 0 Å². The van der Waals surface area contributed by atoms with Crippen molar-refractivity contribution in [2.45, 2.75) is 38.8 Å². The third kappa shape index (κ3) is 5.61. The van der Waals surface area contributed by atoms with E-state index in [1.54, 1.807) is 0 Å². The number of rotatable bonds is 6. The fraction of sp³-hybridized carbons (Fsp3) is 0.579. The van der Waals surface area contributed by atoms with Gasteiger partial charge < -0.3 is 15.3 Å². The zero-order valence-electron chi connectivity index (χ0n) is 15.4. The predicted molar refractivity (Wildman–Crippen MR) is 94.5 cm³/mol. The van der Waals surface area contributed by atoms with Gasteiger partial charge in [0.1, 0.15) is 0 Å². The molecule has 150 valence electrons. The summed E-state index contributed by atoms with van der Waals surface area (Å²) in [6, 6.07) is 7.53. The molecule has 27 heavy (non-hydrogen) atoms. The van der Waals surface area contributed by atoms with Crippen molar-refractivity contribution >= 4 is 12.0 Å². The summed E-state index contributed by atoms with van der Waals surface area (Å²) < 4.78 is 38.9. The van der Waals surface area contributed by atoms with E-state index < -0.39 is 43.1 Å². The van der Waals surface area contributed by atoms with Crippen LogP contribution in [-0.4, -0.2) is 47.8 Å². The van der Waals surface area contributed by atoms with Gasteiger partial charge in [-0.05, 0) is 29.9 Å². The Morgan fingerprint density at radius 3 is 2.33 bits per heavy atom. The minimum absolute atomic E-state index is 0.315. The first-order chi connectivity index (χ1) is 12.6. The van der Waals surface area contributed by atoms with E-state index >= 15 is 0 Å². The third-order valence-corrected chi connectivity index (χ3v) is 4.91. The number of carbonyl (C=O) groups excluding carboxylic acids is 1. The number of urea groups is 1. The Kier molecular flexibility index (Phi) is 6.73. The van der Waals surface area contributed by atoms with Crippen LogP contribution in [0.15, 0.2) is 24.3 Å². The lowest BCUT2D eigenvalue weighted by Gasteiger charge is -2.18. The van der Waals surface area contributed by atoms with E-state index in [2.05, 4.69) is 31.3 Å². The minimum atomic E-state index is -4.64. The smallest absolute Gasteiger partial charge is 0.394 e. The average Bonchev–Trinajstić information content (AvgIpc) is 3.05. The molecular formula is C19H25F3N2O3. The largest absolute Gasteiger partial charge is 0.481 e. The fourth-order valence-electron chi connectivity index (χ4n) is 3.22. The van der Waals surface area contributed by atoms with Crippen LogP contribution in [0, 0.1) is 11.8 Å². The first kappa shape index (κ1) is 21.1. The third-order valence-electron chi connectivity index (χ3n) is 4.91. The van der Waals surface area contributed by atoms with Crippen molar-refractivity contribution in [2.75, 3.05) is 19.6 Å². The summed E-state index contributed by atoms with van der Waals surface area (Å²) in [5.74, 6) is -4.72. The average molecular weight is 386 g/mol. The van der Waals surface area contributed by atoms with Gasteiger partial charge in [-0.25, -0.2) is 4.79 Å².